The van der Waals surface area contributed by atoms with Gasteiger partial charge in [-0.25, -0.2) is 4.98 Å². The van der Waals surface area contributed by atoms with Gasteiger partial charge >= 0.3 is 0 Å². The molecule has 2 atom stereocenters. The Morgan fingerprint density at radius 1 is 1.37 bits per heavy atom. The van der Waals surface area contributed by atoms with Crippen LogP contribution in [-0.4, -0.2) is 33.8 Å². The van der Waals surface area contributed by atoms with Crippen LogP contribution >= 0.6 is 11.3 Å². The van der Waals surface area contributed by atoms with E-state index in [1.165, 1.54) is 11.3 Å². The number of carbonyl (C=O) groups excluding carboxylic acids is 2. The molecule has 0 spiro atoms. The van der Waals surface area contributed by atoms with Crippen molar-refractivity contribution < 1.29 is 9.59 Å². The predicted octanol–water partition coefficient (Wildman–Crippen LogP) is 1.47. The molecule has 0 bridgehead atoms. The summed E-state index contributed by atoms with van der Waals surface area (Å²) in [4.78, 5) is 30.4. The molecule has 2 rings (SSSR count). The smallest absolute Gasteiger partial charge is 0.246 e. The maximum absolute atomic E-state index is 12.4. The van der Waals surface area contributed by atoms with Crippen LogP contribution in [0.1, 0.15) is 37.4 Å². The van der Waals surface area contributed by atoms with Crippen LogP contribution in [0.25, 0.3) is 0 Å². The molecule has 0 aliphatic carbocycles. The van der Waals surface area contributed by atoms with Crippen LogP contribution in [0.5, 0.6) is 0 Å². The Kier molecular flexibility index (Phi) is 4.19. The number of hydrogen-bond donors (Lipinski definition) is 1. The Balaban J connectivity index is 2.21. The zero-order valence-electron chi connectivity index (χ0n) is 11.5. The fraction of sp³-hybridized carbons (Fsp3) is 0.615. The molecule has 1 fully saturated rings. The lowest BCUT2D eigenvalue weighted by molar-refractivity contribution is -0.150. The molecular formula is C13H19N3O2S. The standard InChI is InChI=1S/C13H19N3O2S/c1-4-9-13(18)16(10(5-2)12(17)15-9)6-11-14-8(3)7-19-11/h7,9-10H,4-6H2,1-3H3,(H,15,17). The van der Waals surface area contributed by atoms with Gasteiger partial charge in [-0.2, -0.15) is 0 Å². The van der Waals surface area contributed by atoms with Gasteiger partial charge in [0.05, 0.1) is 6.54 Å². The average molecular weight is 281 g/mol. The van der Waals surface area contributed by atoms with Crippen molar-refractivity contribution in [3.8, 4) is 0 Å². The second-order valence-corrected chi connectivity index (χ2v) is 5.68. The maximum atomic E-state index is 12.4. The summed E-state index contributed by atoms with van der Waals surface area (Å²) in [6, 6.07) is -0.768. The van der Waals surface area contributed by atoms with Gasteiger partial charge in [0.1, 0.15) is 17.1 Å². The molecule has 1 saturated heterocycles. The van der Waals surface area contributed by atoms with Crippen LogP contribution in [0.3, 0.4) is 0 Å². The number of carbonyl (C=O) groups is 2. The second kappa shape index (κ2) is 5.69. The second-order valence-electron chi connectivity index (χ2n) is 4.74. The van der Waals surface area contributed by atoms with Crippen LogP contribution in [0.2, 0.25) is 0 Å². The Morgan fingerprint density at radius 3 is 2.63 bits per heavy atom. The lowest BCUT2D eigenvalue weighted by Gasteiger charge is -2.37. The fourth-order valence-corrected chi connectivity index (χ4v) is 3.09. The number of rotatable bonds is 4. The summed E-state index contributed by atoms with van der Waals surface area (Å²) < 4.78 is 0. The van der Waals surface area contributed by atoms with E-state index < -0.39 is 6.04 Å². The van der Waals surface area contributed by atoms with E-state index in [4.69, 9.17) is 0 Å². The molecule has 0 radical (unpaired) electrons. The molecule has 2 amide bonds. The molecule has 6 heteroatoms. The summed E-state index contributed by atoms with van der Waals surface area (Å²) in [5.41, 5.74) is 0.953. The number of aryl methyl sites for hydroxylation is 1. The third kappa shape index (κ3) is 2.78. The van der Waals surface area contributed by atoms with Crippen LogP contribution < -0.4 is 5.32 Å². The third-order valence-corrected chi connectivity index (χ3v) is 4.30. The van der Waals surface area contributed by atoms with Gasteiger partial charge in [0, 0.05) is 11.1 Å². The molecule has 1 aliphatic rings. The monoisotopic (exact) mass is 281 g/mol. The minimum atomic E-state index is -0.392. The summed E-state index contributed by atoms with van der Waals surface area (Å²) in [6.07, 6.45) is 1.24. The summed E-state index contributed by atoms with van der Waals surface area (Å²) in [5.74, 6) is -0.0518. The lowest BCUT2D eigenvalue weighted by atomic mass is 10.0. The normalized spacial score (nSPS) is 23.6. The highest BCUT2D eigenvalue weighted by atomic mass is 32.1. The van der Waals surface area contributed by atoms with Crippen LogP contribution in [0.15, 0.2) is 5.38 Å². The maximum Gasteiger partial charge on any atom is 0.246 e. The minimum Gasteiger partial charge on any atom is -0.343 e. The molecule has 104 valence electrons. The topological polar surface area (TPSA) is 62.3 Å². The molecular weight excluding hydrogens is 262 g/mol. The molecule has 0 saturated carbocycles. The highest BCUT2D eigenvalue weighted by molar-refractivity contribution is 7.09. The van der Waals surface area contributed by atoms with E-state index >= 15 is 0 Å². The van der Waals surface area contributed by atoms with Crippen molar-refractivity contribution in [1.29, 1.82) is 0 Å². The van der Waals surface area contributed by atoms with Gasteiger partial charge in [-0.1, -0.05) is 13.8 Å². The minimum absolute atomic E-state index is 0.00167. The molecule has 1 aliphatic heterocycles. The van der Waals surface area contributed by atoms with Gasteiger partial charge in [0.15, 0.2) is 0 Å². The van der Waals surface area contributed by atoms with Gasteiger partial charge in [-0.15, -0.1) is 11.3 Å². The molecule has 1 aromatic heterocycles. The van der Waals surface area contributed by atoms with Crippen molar-refractivity contribution in [3.05, 3.63) is 16.1 Å². The first-order valence-electron chi connectivity index (χ1n) is 6.58. The third-order valence-electron chi connectivity index (χ3n) is 3.34. The largest absolute Gasteiger partial charge is 0.343 e. The Hall–Kier alpha value is -1.43. The van der Waals surface area contributed by atoms with E-state index in [1.807, 2.05) is 26.2 Å². The van der Waals surface area contributed by atoms with E-state index in [-0.39, 0.29) is 17.9 Å². The van der Waals surface area contributed by atoms with Gasteiger partial charge in [0.25, 0.3) is 0 Å². The Bertz CT molecular complexity index is 486. The zero-order valence-corrected chi connectivity index (χ0v) is 12.3. The van der Waals surface area contributed by atoms with Crippen molar-refractivity contribution in [2.45, 2.75) is 52.2 Å². The first-order chi connectivity index (χ1) is 9.06. The van der Waals surface area contributed by atoms with E-state index in [1.54, 1.807) is 4.90 Å². The number of hydrogen-bond acceptors (Lipinski definition) is 4. The highest BCUT2D eigenvalue weighted by Crippen LogP contribution is 2.20. The molecule has 1 aromatic rings. The van der Waals surface area contributed by atoms with E-state index in [2.05, 4.69) is 10.3 Å². The van der Waals surface area contributed by atoms with Crippen molar-refractivity contribution in [3.63, 3.8) is 0 Å². The number of piperazine rings is 1. The molecule has 1 N–H and O–H groups in total. The van der Waals surface area contributed by atoms with Crippen LogP contribution in [0, 0.1) is 6.92 Å². The van der Waals surface area contributed by atoms with Gasteiger partial charge in [-0.3, -0.25) is 9.59 Å². The number of amides is 2. The number of thiazole rings is 1. The van der Waals surface area contributed by atoms with Gasteiger partial charge < -0.3 is 10.2 Å². The van der Waals surface area contributed by atoms with Gasteiger partial charge in [0.2, 0.25) is 11.8 Å². The fourth-order valence-electron chi connectivity index (χ4n) is 2.32. The predicted molar refractivity (Wildman–Crippen MR) is 73.7 cm³/mol. The SMILES string of the molecule is CCC1NC(=O)C(CC)N(Cc2nc(C)cs2)C1=O. The first-order valence-corrected chi connectivity index (χ1v) is 7.46. The number of aromatic nitrogens is 1. The van der Waals surface area contributed by atoms with Crippen LogP contribution in [0.4, 0.5) is 0 Å². The summed E-state index contributed by atoms with van der Waals surface area (Å²) in [6.45, 7) is 6.18. The Morgan fingerprint density at radius 2 is 2.11 bits per heavy atom. The Labute approximate surface area is 117 Å². The van der Waals surface area contributed by atoms with E-state index in [0.29, 0.717) is 19.4 Å². The highest BCUT2D eigenvalue weighted by Gasteiger charge is 2.38. The first kappa shape index (κ1) is 14.0. The van der Waals surface area contributed by atoms with Crippen LogP contribution in [-0.2, 0) is 16.1 Å². The molecule has 5 nitrogen and oxygen atoms in total. The molecule has 19 heavy (non-hydrogen) atoms. The van der Waals surface area contributed by atoms with Gasteiger partial charge in [-0.05, 0) is 19.8 Å². The van der Waals surface area contributed by atoms with Crippen molar-refractivity contribution in [1.82, 2.24) is 15.2 Å². The molecule has 2 unspecified atom stereocenters. The summed E-state index contributed by atoms with van der Waals surface area (Å²) in [7, 11) is 0. The van der Waals surface area contributed by atoms with E-state index in [9.17, 15) is 9.59 Å². The zero-order chi connectivity index (χ0) is 14.0. The molecule has 2 heterocycles. The summed E-state index contributed by atoms with van der Waals surface area (Å²) >= 11 is 1.53. The van der Waals surface area contributed by atoms with Crippen molar-refractivity contribution in [2.75, 3.05) is 0 Å². The van der Waals surface area contributed by atoms with E-state index in [0.717, 1.165) is 10.7 Å². The lowest BCUT2D eigenvalue weighted by Crippen LogP contribution is -2.62. The van der Waals surface area contributed by atoms with Crippen molar-refractivity contribution in [2.24, 2.45) is 0 Å². The number of nitrogens with zero attached hydrogens (tertiary/aromatic N) is 2. The molecule has 0 aromatic carbocycles. The van der Waals surface area contributed by atoms with Crippen molar-refractivity contribution >= 4 is 23.2 Å². The average Bonchev–Trinajstić information content (AvgIpc) is 2.79. The summed E-state index contributed by atoms with van der Waals surface area (Å²) in [5, 5.41) is 5.63. The quantitative estimate of drug-likeness (QED) is 0.909. The number of nitrogens with one attached hydrogen (secondary N) is 1.